The standard InChI is InChI=1S/C19H24N2O/c1-13(2)11-20-12-15(22)10-14-6-5-9-18-19(14)16-7-3-4-8-17(16)21-18/h3-9,13,15,20-22H,10-12H2,1-2H3. The summed E-state index contributed by atoms with van der Waals surface area (Å²) in [5, 5.41) is 16.1. The van der Waals surface area contributed by atoms with Crippen molar-refractivity contribution in [3.8, 4) is 0 Å². The number of aromatic amines is 1. The molecule has 3 heteroatoms. The third kappa shape index (κ3) is 3.16. The molecule has 0 aliphatic heterocycles. The molecule has 1 heterocycles. The zero-order valence-electron chi connectivity index (χ0n) is 13.3. The summed E-state index contributed by atoms with van der Waals surface area (Å²) in [5.41, 5.74) is 3.49. The van der Waals surface area contributed by atoms with E-state index in [1.165, 1.54) is 16.3 Å². The van der Waals surface area contributed by atoms with Crippen LogP contribution in [0.4, 0.5) is 0 Å². The maximum atomic E-state index is 10.3. The van der Waals surface area contributed by atoms with Gasteiger partial charge in [-0.2, -0.15) is 0 Å². The van der Waals surface area contributed by atoms with Crippen LogP contribution < -0.4 is 5.32 Å². The molecule has 0 aliphatic rings. The van der Waals surface area contributed by atoms with E-state index in [1.807, 2.05) is 6.07 Å². The topological polar surface area (TPSA) is 48.0 Å². The van der Waals surface area contributed by atoms with E-state index in [0.717, 1.165) is 17.6 Å². The first kappa shape index (κ1) is 15.1. The molecule has 0 amide bonds. The zero-order valence-corrected chi connectivity index (χ0v) is 13.3. The highest BCUT2D eigenvalue weighted by atomic mass is 16.3. The van der Waals surface area contributed by atoms with Crippen LogP contribution >= 0.6 is 0 Å². The van der Waals surface area contributed by atoms with Gasteiger partial charge in [0.05, 0.1) is 6.10 Å². The number of aliphatic hydroxyl groups excluding tert-OH is 1. The first-order valence-corrected chi connectivity index (χ1v) is 8.02. The Labute approximate surface area is 131 Å². The van der Waals surface area contributed by atoms with E-state index in [-0.39, 0.29) is 6.10 Å². The van der Waals surface area contributed by atoms with Gasteiger partial charge in [-0.3, -0.25) is 0 Å². The fraction of sp³-hybridized carbons (Fsp3) is 0.368. The van der Waals surface area contributed by atoms with Crippen LogP contribution in [0.5, 0.6) is 0 Å². The Hall–Kier alpha value is -1.84. The lowest BCUT2D eigenvalue weighted by Crippen LogP contribution is -2.30. The summed E-state index contributed by atoms with van der Waals surface area (Å²) in [4.78, 5) is 3.45. The molecular formula is C19H24N2O. The first-order valence-electron chi connectivity index (χ1n) is 8.02. The maximum absolute atomic E-state index is 10.3. The molecule has 0 radical (unpaired) electrons. The van der Waals surface area contributed by atoms with Crippen molar-refractivity contribution >= 4 is 21.8 Å². The van der Waals surface area contributed by atoms with Crippen molar-refractivity contribution in [2.75, 3.05) is 13.1 Å². The van der Waals surface area contributed by atoms with E-state index in [1.54, 1.807) is 0 Å². The van der Waals surface area contributed by atoms with E-state index in [2.05, 4.69) is 60.5 Å². The van der Waals surface area contributed by atoms with Gasteiger partial charge in [0.2, 0.25) is 0 Å². The number of benzene rings is 2. The number of aliphatic hydroxyl groups is 1. The van der Waals surface area contributed by atoms with Crippen LogP contribution in [0.1, 0.15) is 19.4 Å². The maximum Gasteiger partial charge on any atom is 0.0705 e. The van der Waals surface area contributed by atoms with Gasteiger partial charge in [-0.25, -0.2) is 0 Å². The Kier molecular flexibility index (Phi) is 4.46. The summed E-state index contributed by atoms with van der Waals surface area (Å²) in [7, 11) is 0. The minimum Gasteiger partial charge on any atom is -0.391 e. The SMILES string of the molecule is CC(C)CNCC(O)Cc1cccc2[nH]c3ccccc3c12. The average Bonchev–Trinajstić information content (AvgIpc) is 2.86. The van der Waals surface area contributed by atoms with Gasteiger partial charge in [-0.1, -0.05) is 44.2 Å². The molecule has 22 heavy (non-hydrogen) atoms. The Bertz CT molecular complexity index is 760. The van der Waals surface area contributed by atoms with E-state index in [9.17, 15) is 5.11 Å². The molecule has 3 N–H and O–H groups in total. The molecule has 1 unspecified atom stereocenters. The van der Waals surface area contributed by atoms with Crippen LogP contribution in [0.3, 0.4) is 0 Å². The Balaban J connectivity index is 1.84. The minimum atomic E-state index is -0.363. The van der Waals surface area contributed by atoms with Gasteiger partial charge in [0.15, 0.2) is 0 Å². The normalized spacial score (nSPS) is 13.3. The predicted molar refractivity (Wildman–Crippen MR) is 93.2 cm³/mol. The molecular weight excluding hydrogens is 272 g/mol. The lowest BCUT2D eigenvalue weighted by molar-refractivity contribution is 0.171. The fourth-order valence-corrected chi connectivity index (χ4v) is 3.01. The number of hydrogen-bond donors (Lipinski definition) is 3. The molecule has 3 rings (SSSR count). The Morgan fingerprint density at radius 1 is 1.00 bits per heavy atom. The van der Waals surface area contributed by atoms with Crippen LogP contribution in [0.2, 0.25) is 0 Å². The number of hydrogen-bond acceptors (Lipinski definition) is 2. The molecule has 0 bridgehead atoms. The zero-order chi connectivity index (χ0) is 15.5. The van der Waals surface area contributed by atoms with E-state index in [4.69, 9.17) is 0 Å². The Morgan fingerprint density at radius 3 is 2.59 bits per heavy atom. The molecule has 116 valence electrons. The van der Waals surface area contributed by atoms with Gasteiger partial charge in [-0.15, -0.1) is 0 Å². The largest absolute Gasteiger partial charge is 0.391 e. The van der Waals surface area contributed by atoms with Crippen molar-refractivity contribution < 1.29 is 5.11 Å². The van der Waals surface area contributed by atoms with Crippen molar-refractivity contribution in [3.63, 3.8) is 0 Å². The lowest BCUT2D eigenvalue weighted by atomic mass is 10.0. The van der Waals surface area contributed by atoms with Gasteiger partial charge in [-0.05, 0) is 30.2 Å². The number of H-pyrrole nitrogens is 1. The monoisotopic (exact) mass is 296 g/mol. The van der Waals surface area contributed by atoms with Crippen molar-refractivity contribution in [2.24, 2.45) is 5.92 Å². The number of nitrogens with one attached hydrogen (secondary N) is 2. The third-order valence-electron chi connectivity index (χ3n) is 4.00. The first-order chi connectivity index (χ1) is 10.6. The van der Waals surface area contributed by atoms with Crippen molar-refractivity contribution in [3.05, 3.63) is 48.0 Å². The molecule has 3 aromatic rings. The molecule has 1 aromatic heterocycles. The molecule has 0 saturated heterocycles. The van der Waals surface area contributed by atoms with Crippen LogP contribution in [-0.2, 0) is 6.42 Å². The molecule has 1 atom stereocenters. The highest BCUT2D eigenvalue weighted by Crippen LogP contribution is 2.28. The summed E-state index contributed by atoms with van der Waals surface area (Å²) in [6.45, 7) is 5.92. The quantitative estimate of drug-likeness (QED) is 0.652. The lowest BCUT2D eigenvalue weighted by Gasteiger charge is -2.14. The summed E-state index contributed by atoms with van der Waals surface area (Å²) >= 11 is 0. The summed E-state index contributed by atoms with van der Waals surface area (Å²) in [6.07, 6.45) is 0.308. The van der Waals surface area contributed by atoms with E-state index >= 15 is 0 Å². The number of fused-ring (bicyclic) bond motifs is 3. The fourth-order valence-electron chi connectivity index (χ4n) is 3.01. The van der Waals surface area contributed by atoms with Gasteiger partial charge in [0.1, 0.15) is 0 Å². The summed E-state index contributed by atoms with van der Waals surface area (Å²) < 4.78 is 0. The summed E-state index contributed by atoms with van der Waals surface area (Å²) in [5.74, 6) is 0.601. The number of aromatic nitrogens is 1. The molecule has 0 saturated carbocycles. The van der Waals surface area contributed by atoms with Crippen molar-refractivity contribution in [2.45, 2.75) is 26.4 Å². The van der Waals surface area contributed by atoms with Crippen LogP contribution in [0.15, 0.2) is 42.5 Å². The minimum absolute atomic E-state index is 0.363. The van der Waals surface area contributed by atoms with E-state index in [0.29, 0.717) is 18.9 Å². The molecule has 3 nitrogen and oxygen atoms in total. The average molecular weight is 296 g/mol. The van der Waals surface area contributed by atoms with Gasteiger partial charge in [0, 0.05) is 34.8 Å². The number of para-hydroxylation sites is 1. The number of rotatable bonds is 6. The second-order valence-corrected chi connectivity index (χ2v) is 6.42. The van der Waals surface area contributed by atoms with E-state index < -0.39 is 0 Å². The molecule has 0 spiro atoms. The van der Waals surface area contributed by atoms with Crippen LogP contribution in [-0.4, -0.2) is 29.3 Å². The van der Waals surface area contributed by atoms with Crippen molar-refractivity contribution in [1.82, 2.24) is 10.3 Å². The van der Waals surface area contributed by atoms with Crippen molar-refractivity contribution in [1.29, 1.82) is 0 Å². The molecule has 2 aromatic carbocycles. The van der Waals surface area contributed by atoms with Crippen LogP contribution in [0.25, 0.3) is 21.8 Å². The molecule has 0 fully saturated rings. The highest BCUT2D eigenvalue weighted by molar-refractivity contribution is 6.08. The smallest absolute Gasteiger partial charge is 0.0705 e. The third-order valence-corrected chi connectivity index (χ3v) is 4.00. The molecule has 0 aliphatic carbocycles. The summed E-state index contributed by atoms with van der Waals surface area (Å²) in [6, 6.07) is 14.6. The van der Waals surface area contributed by atoms with Gasteiger partial charge < -0.3 is 15.4 Å². The highest BCUT2D eigenvalue weighted by Gasteiger charge is 2.12. The predicted octanol–water partition coefficient (Wildman–Crippen LogP) is 3.47. The van der Waals surface area contributed by atoms with Gasteiger partial charge in [0.25, 0.3) is 0 Å². The Morgan fingerprint density at radius 2 is 1.77 bits per heavy atom. The second kappa shape index (κ2) is 6.51. The van der Waals surface area contributed by atoms with Gasteiger partial charge >= 0.3 is 0 Å². The van der Waals surface area contributed by atoms with Crippen LogP contribution in [0, 0.1) is 5.92 Å². The second-order valence-electron chi connectivity index (χ2n) is 6.42.